The molecule has 0 aromatic carbocycles. The van der Waals surface area contributed by atoms with Gasteiger partial charge in [0, 0.05) is 24.5 Å². The highest BCUT2D eigenvalue weighted by Gasteiger charge is 2.25. The largest absolute Gasteiger partial charge is 0.379 e. The molecule has 5 rings (SSSR count). The van der Waals surface area contributed by atoms with E-state index in [1.165, 1.54) is 54.3 Å². The van der Waals surface area contributed by atoms with Gasteiger partial charge in [-0.15, -0.1) is 11.3 Å². The van der Waals surface area contributed by atoms with Gasteiger partial charge in [0.05, 0.1) is 25.1 Å². The average molecular weight is 359 g/mol. The summed E-state index contributed by atoms with van der Waals surface area (Å²) in [7, 11) is 0. The van der Waals surface area contributed by atoms with Crippen molar-refractivity contribution < 1.29 is 4.74 Å². The third-order valence-electron chi connectivity index (χ3n) is 5.58. The van der Waals surface area contributed by atoms with Crippen molar-refractivity contribution in [1.82, 2.24) is 14.9 Å². The van der Waals surface area contributed by atoms with E-state index in [2.05, 4.69) is 10.2 Å². The van der Waals surface area contributed by atoms with E-state index in [-0.39, 0.29) is 0 Å². The third kappa shape index (κ3) is 3.39. The Bertz CT molecular complexity index is 764. The van der Waals surface area contributed by atoms with Crippen LogP contribution in [-0.4, -0.2) is 47.7 Å². The van der Waals surface area contributed by atoms with Crippen LogP contribution in [0.4, 0.5) is 5.82 Å². The minimum absolute atomic E-state index is 0.822. The zero-order valence-corrected chi connectivity index (χ0v) is 15.5. The highest BCUT2D eigenvalue weighted by atomic mass is 32.1. The minimum atomic E-state index is 0.822. The summed E-state index contributed by atoms with van der Waals surface area (Å²) < 4.78 is 5.47. The van der Waals surface area contributed by atoms with Crippen molar-refractivity contribution in [3.05, 3.63) is 16.3 Å². The first kappa shape index (κ1) is 16.0. The zero-order chi connectivity index (χ0) is 16.6. The summed E-state index contributed by atoms with van der Waals surface area (Å²) in [6, 6.07) is 0. The maximum Gasteiger partial charge on any atom is 0.146 e. The SMILES string of the molecule is C1CCc2c(sc3nc(CN4CCOCC4)nc(NCC4CC4)c23)C1. The Morgan fingerprint density at radius 1 is 1.12 bits per heavy atom. The van der Waals surface area contributed by atoms with Gasteiger partial charge in [-0.3, -0.25) is 4.90 Å². The number of fused-ring (bicyclic) bond motifs is 3. The van der Waals surface area contributed by atoms with Crippen LogP contribution in [0, 0.1) is 5.92 Å². The molecule has 2 fully saturated rings. The summed E-state index contributed by atoms with van der Waals surface area (Å²) in [5.74, 6) is 2.91. The highest BCUT2D eigenvalue weighted by molar-refractivity contribution is 7.19. The van der Waals surface area contributed by atoms with E-state index in [1.807, 2.05) is 11.3 Å². The molecule has 0 atom stereocenters. The number of aryl methyl sites for hydroxylation is 2. The second-order valence-electron chi connectivity index (χ2n) is 7.59. The van der Waals surface area contributed by atoms with E-state index >= 15 is 0 Å². The number of rotatable bonds is 5. The number of nitrogens with zero attached hydrogens (tertiary/aromatic N) is 3. The molecule has 1 N–H and O–H groups in total. The fraction of sp³-hybridized carbons (Fsp3) is 0.684. The molecule has 0 spiro atoms. The number of hydrogen-bond acceptors (Lipinski definition) is 6. The molecule has 2 aromatic rings. The maximum atomic E-state index is 5.47. The van der Waals surface area contributed by atoms with E-state index in [4.69, 9.17) is 14.7 Å². The van der Waals surface area contributed by atoms with Crippen molar-refractivity contribution in [3.8, 4) is 0 Å². The second-order valence-corrected chi connectivity index (χ2v) is 8.68. The van der Waals surface area contributed by atoms with Crippen LogP contribution in [0.5, 0.6) is 0 Å². The first-order chi connectivity index (χ1) is 12.4. The Labute approximate surface area is 152 Å². The molecule has 0 unspecified atom stereocenters. The Hall–Kier alpha value is -1.24. The number of morpholine rings is 1. The van der Waals surface area contributed by atoms with E-state index in [0.29, 0.717) is 0 Å². The molecule has 1 saturated heterocycles. The van der Waals surface area contributed by atoms with Gasteiger partial charge in [0.2, 0.25) is 0 Å². The number of hydrogen-bond donors (Lipinski definition) is 1. The molecule has 2 aromatic heterocycles. The molecule has 0 amide bonds. The summed E-state index contributed by atoms with van der Waals surface area (Å²) >= 11 is 1.91. The number of thiophene rings is 1. The van der Waals surface area contributed by atoms with Crippen LogP contribution in [0.15, 0.2) is 0 Å². The number of nitrogens with one attached hydrogen (secondary N) is 1. The van der Waals surface area contributed by atoms with Crippen molar-refractivity contribution in [1.29, 1.82) is 0 Å². The number of ether oxygens (including phenoxy) is 1. The summed E-state index contributed by atoms with van der Waals surface area (Å²) in [6.45, 7) is 5.50. The molecule has 3 heterocycles. The molecule has 1 aliphatic heterocycles. The van der Waals surface area contributed by atoms with Gasteiger partial charge in [-0.1, -0.05) is 0 Å². The van der Waals surface area contributed by atoms with Gasteiger partial charge in [0.1, 0.15) is 16.5 Å². The van der Waals surface area contributed by atoms with Crippen molar-refractivity contribution in [2.75, 3.05) is 38.2 Å². The molecular weight excluding hydrogens is 332 g/mol. The molecule has 0 radical (unpaired) electrons. The molecular formula is C19H26N4OS. The van der Waals surface area contributed by atoms with Crippen molar-refractivity contribution in [2.24, 2.45) is 5.92 Å². The quantitative estimate of drug-likeness (QED) is 0.889. The molecule has 3 aliphatic rings. The first-order valence-corrected chi connectivity index (χ1v) is 10.5. The maximum absolute atomic E-state index is 5.47. The summed E-state index contributed by atoms with van der Waals surface area (Å²) in [4.78, 5) is 15.1. The molecule has 6 heteroatoms. The van der Waals surface area contributed by atoms with Gasteiger partial charge >= 0.3 is 0 Å². The average Bonchev–Trinajstić information content (AvgIpc) is 3.39. The van der Waals surface area contributed by atoms with Gasteiger partial charge in [0.15, 0.2) is 0 Å². The highest BCUT2D eigenvalue weighted by Crippen LogP contribution is 2.39. The smallest absolute Gasteiger partial charge is 0.146 e. The van der Waals surface area contributed by atoms with Crippen molar-refractivity contribution in [3.63, 3.8) is 0 Å². The monoisotopic (exact) mass is 358 g/mol. The van der Waals surface area contributed by atoms with Crippen LogP contribution in [0.3, 0.4) is 0 Å². The summed E-state index contributed by atoms with van der Waals surface area (Å²) in [5.41, 5.74) is 1.53. The topological polar surface area (TPSA) is 50.3 Å². The normalized spacial score (nSPS) is 21.4. The van der Waals surface area contributed by atoms with Crippen molar-refractivity contribution in [2.45, 2.75) is 45.1 Å². The zero-order valence-electron chi connectivity index (χ0n) is 14.7. The third-order valence-corrected chi connectivity index (χ3v) is 6.77. The molecule has 25 heavy (non-hydrogen) atoms. The van der Waals surface area contributed by atoms with Gasteiger partial charge in [-0.25, -0.2) is 9.97 Å². The fourth-order valence-corrected chi connectivity index (χ4v) is 5.20. The minimum Gasteiger partial charge on any atom is -0.379 e. The van der Waals surface area contributed by atoms with Crippen molar-refractivity contribution >= 4 is 27.4 Å². The summed E-state index contributed by atoms with van der Waals surface area (Å²) in [6.07, 6.45) is 7.76. The lowest BCUT2D eigenvalue weighted by molar-refractivity contribution is 0.0331. The van der Waals surface area contributed by atoms with Crippen LogP contribution in [0.1, 0.15) is 41.9 Å². The lowest BCUT2D eigenvalue weighted by Crippen LogP contribution is -2.36. The molecule has 5 nitrogen and oxygen atoms in total. The lowest BCUT2D eigenvalue weighted by atomic mass is 9.97. The van der Waals surface area contributed by atoms with Gasteiger partial charge in [-0.2, -0.15) is 0 Å². The van der Waals surface area contributed by atoms with E-state index in [9.17, 15) is 0 Å². The van der Waals surface area contributed by atoms with E-state index in [1.54, 1.807) is 4.88 Å². The Balaban J connectivity index is 1.49. The van der Waals surface area contributed by atoms with Gasteiger partial charge in [-0.05, 0) is 50.0 Å². The van der Waals surface area contributed by atoms with Crippen LogP contribution >= 0.6 is 11.3 Å². The number of aromatic nitrogens is 2. The molecule has 1 saturated carbocycles. The molecule has 2 aliphatic carbocycles. The predicted octanol–water partition coefficient (Wildman–Crippen LogP) is 3.22. The Morgan fingerprint density at radius 3 is 2.80 bits per heavy atom. The fourth-order valence-electron chi connectivity index (χ4n) is 3.92. The van der Waals surface area contributed by atoms with Crippen LogP contribution < -0.4 is 5.32 Å². The van der Waals surface area contributed by atoms with Crippen LogP contribution in [0.2, 0.25) is 0 Å². The van der Waals surface area contributed by atoms with Crippen LogP contribution in [-0.2, 0) is 24.1 Å². The number of anilines is 1. The standard InChI is InChI=1S/C19H26N4OS/c1-2-4-15-14(3-1)17-18(20-11-13-5-6-13)21-16(22-19(17)25-15)12-23-7-9-24-10-8-23/h13H,1-12H2,(H,20,21,22). The predicted molar refractivity (Wildman–Crippen MR) is 101 cm³/mol. The van der Waals surface area contributed by atoms with E-state index in [0.717, 1.165) is 57.0 Å². The van der Waals surface area contributed by atoms with Crippen LogP contribution in [0.25, 0.3) is 10.2 Å². The summed E-state index contributed by atoms with van der Waals surface area (Å²) in [5, 5.41) is 5.00. The molecule has 134 valence electrons. The van der Waals surface area contributed by atoms with Gasteiger partial charge < -0.3 is 10.1 Å². The lowest BCUT2D eigenvalue weighted by Gasteiger charge is -2.25. The Morgan fingerprint density at radius 2 is 1.96 bits per heavy atom. The second kappa shape index (κ2) is 6.82. The molecule has 0 bridgehead atoms. The van der Waals surface area contributed by atoms with Gasteiger partial charge in [0.25, 0.3) is 0 Å². The van der Waals surface area contributed by atoms with E-state index < -0.39 is 0 Å². The first-order valence-electron chi connectivity index (χ1n) is 9.72. The Kier molecular flexibility index (Phi) is 4.36.